The minimum atomic E-state index is -0.846. The number of carbonyl (C=O) groups is 1. The zero-order valence-electron chi connectivity index (χ0n) is 17.1. The van der Waals surface area contributed by atoms with E-state index in [4.69, 9.17) is 16.3 Å². The first-order chi connectivity index (χ1) is 15.6. The SMILES string of the molecule is O=C(O)Cc1cn(Cc2csc3ccc(Cl)cc23)c2cc(OCc3ccccc3)ccc12. The fourth-order valence-corrected chi connectivity index (χ4v) is 5.08. The third kappa shape index (κ3) is 4.22. The Morgan fingerprint density at radius 3 is 2.66 bits per heavy atom. The highest BCUT2D eigenvalue weighted by Gasteiger charge is 2.14. The Kier molecular flexibility index (Phi) is 5.60. The predicted molar refractivity (Wildman–Crippen MR) is 130 cm³/mol. The van der Waals surface area contributed by atoms with Crippen LogP contribution in [-0.2, 0) is 24.4 Å². The molecule has 5 aromatic rings. The summed E-state index contributed by atoms with van der Waals surface area (Å²) in [5.74, 6) is -0.0954. The van der Waals surface area contributed by atoms with E-state index >= 15 is 0 Å². The smallest absolute Gasteiger partial charge is 0.307 e. The maximum Gasteiger partial charge on any atom is 0.307 e. The molecule has 0 fully saturated rings. The van der Waals surface area contributed by atoms with Crippen LogP contribution in [0.4, 0.5) is 0 Å². The molecule has 2 aromatic heterocycles. The van der Waals surface area contributed by atoms with E-state index in [1.54, 1.807) is 11.3 Å². The molecule has 0 amide bonds. The molecule has 0 atom stereocenters. The van der Waals surface area contributed by atoms with E-state index in [9.17, 15) is 9.90 Å². The number of thiophene rings is 1. The third-order valence-electron chi connectivity index (χ3n) is 5.48. The van der Waals surface area contributed by atoms with Crippen molar-refractivity contribution >= 4 is 49.9 Å². The number of fused-ring (bicyclic) bond motifs is 2. The summed E-state index contributed by atoms with van der Waals surface area (Å²) in [6.07, 6.45) is 1.91. The van der Waals surface area contributed by atoms with Crippen molar-refractivity contribution in [2.75, 3.05) is 0 Å². The van der Waals surface area contributed by atoms with Crippen molar-refractivity contribution in [2.24, 2.45) is 0 Å². The van der Waals surface area contributed by atoms with Crippen LogP contribution in [0.2, 0.25) is 5.02 Å². The molecule has 0 unspecified atom stereocenters. The molecule has 5 rings (SSSR count). The number of nitrogens with zero attached hydrogens (tertiary/aromatic N) is 1. The summed E-state index contributed by atoms with van der Waals surface area (Å²) in [6.45, 7) is 1.10. The molecule has 160 valence electrons. The summed E-state index contributed by atoms with van der Waals surface area (Å²) >= 11 is 7.91. The minimum absolute atomic E-state index is 0.0239. The number of benzene rings is 3. The van der Waals surface area contributed by atoms with Crippen molar-refractivity contribution in [1.29, 1.82) is 0 Å². The fraction of sp³-hybridized carbons (Fsp3) is 0.115. The molecule has 0 saturated heterocycles. The molecular formula is C26H20ClNO3S. The van der Waals surface area contributed by atoms with Crippen molar-refractivity contribution in [3.63, 3.8) is 0 Å². The lowest BCUT2D eigenvalue weighted by Gasteiger charge is -2.09. The van der Waals surface area contributed by atoms with Crippen molar-refractivity contribution in [1.82, 2.24) is 4.57 Å². The second-order valence-corrected chi connectivity index (χ2v) is 9.06. The van der Waals surface area contributed by atoms with Gasteiger partial charge in [0.2, 0.25) is 0 Å². The predicted octanol–water partition coefficient (Wildman–Crippen LogP) is 6.76. The maximum absolute atomic E-state index is 11.4. The molecule has 6 heteroatoms. The number of rotatable bonds is 7. The van der Waals surface area contributed by atoms with Gasteiger partial charge in [0.15, 0.2) is 0 Å². The van der Waals surface area contributed by atoms with Crippen molar-refractivity contribution in [3.8, 4) is 5.75 Å². The summed E-state index contributed by atoms with van der Waals surface area (Å²) < 4.78 is 9.30. The van der Waals surface area contributed by atoms with Gasteiger partial charge in [0.1, 0.15) is 12.4 Å². The van der Waals surface area contributed by atoms with Crippen molar-refractivity contribution in [2.45, 2.75) is 19.6 Å². The van der Waals surface area contributed by atoms with Crippen molar-refractivity contribution < 1.29 is 14.6 Å². The van der Waals surface area contributed by atoms with Gasteiger partial charge in [-0.15, -0.1) is 11.3 Å². The average Bonchev–Trinajstić information content (AvgIpc) is 3.33. The molecule has 0 aliphatic carbocycles. The number of halogens is 1. The van der Waals surface area contributed by atoms with Gasteiger partial charge in [-0.3, -0.25) is 4.79 Å². The van der Waals surface area contributed by atoms with E-state index in [-0.39, 0.29) is 6.42 Å². The van der Waals surface area contributed by atoms with E-state index in [0.717, 1.165) is 38.7 Å². The Bertz CT molecular complexity index is 1420. The molecule has 0 radical (unpaired) electrons. The molecule has 2 heterocycles. The Morgan fingerprint density at radius 1 is 1.00 bits per heavy atom. The number of carboxylic acid groups (broad SMARTS) is 1. The Morgan fingerprint density at radius 2 is 1.84 bits per heavy atom. The first kappa shape index (κ1) is 20.6. The number of aliphatic carboxylic acids is 1. The lowest BCUT2D eigenvalue weighted by Crippen LogP contribution is -2.00. The standard InChI is InChI=1S/C26H20ClNO3S/c27-20-6-9-25-23(11-20)19(16-32-25)14-28-13-18(10-26(29)30)22-8-7-21(12-24(22)28)31-15-17-4-2-1-3-5-17/h1-9,11-13,16H,10,14-15H2,(H,29,30). The van der Waals surface area contributed by atoms with E-state index in [1.807, 2.05) is 72.9 Å². The molecule has 0 spiro atoms. The van der Waals surface area contributed by atoms with E-state index in [1.165, 1.54) is 4.70 Å². The molecular weight excluding hydrogens is 442 g/mol. The fourth-order valence-electron chi connectivity index (χ4n) is 3.97. The first-order valence-corrected chi connectivity index (χ1v) is 11.5. The molecule has 3 aromatic carbocycles. The van der Waals surface area contributed by atoms with Crippen LogP contribution >= 0.6 is 22.9 Å². The lowest BCUT2D eigenvalue weighted by atomic mass is 10.1. The van der Waals surface area contributed by atoms with Gasteiger partial charge in [-0.1, -0.05) is 41.9 Å². The van der Waals surface area contributed by atoms with Gasteiger partial charge in [-0.25, -0.2) is 0 Å². The quantitative estimate of drug-likeness (QED) is 0.291. The van der Waals surface area contributed by atoms with Gasteiger partial charge >= 0.3 is 5.97 Å². The van der Waals surface area contributed by atoms with E-state index in [2.05, 4.69) is 9.95 Å². The van der Waals surface area contributed by atoms with Crippen molar-refractivity contribution in [3.05, 3.63) is 100 Å². The molecule has 0 bridgehead atoms. The van der Waals surface area contributed by atoms with E-state index in [0.29, 0.717) is 18.2 Å². The van der Waals surface area contributed by atoms with E-state index < -0.39 is 5.97 Å². The number of aromatic nitrogens is 1. The molecule has 4 nitrogen and oxygen atoms in total. The second kappa shape index (κ2) is 8.69. The summed E-state index contributed by atoms with van der Waals surface area (Å²) in [5, 5.41) is 14.3. The number of ether oxygens (including phenoxy) is 1. The third-order valence-corrected chi connectivity index (χ3v) is 6.73. The lowest BCUT2D eigenvalue weighted by molar-refractivity contribution is -0.136. The highest BCUT2D eigenvalue weighted by atomic mass is 35.5. The normalized spacial score (nSPS) is 11.3. The van der Waals surface area contributed by atoms with Gasteiger partial charge in [0.25, 0.3) is 0 Å². The van der Waals surface area contributed by atoms with Crippen LogP contribution < -0.4 is 4.74 Å². The second-order valence-electron chi connectivity index (χ2n) is 7.71. The molecule has 1 N–H and O–H groups in total. The van der Waals surface area contributed by atoms with Crippen LogP contribution in [0.1, 0.15) is 16.7 Å². The van der Waals surface area contributed by atoms with Gasteiger partial charge < -0.3 is 14.4 Å². The number of hydrogen-bond acceptors (Lipinski definition) is 3. The molecule has 0 aliphatic heterocycles. The van der Waals surface area contributed by atoms with Crippen LogP contribution in [0, 0.1) is 0 Å². The Hall–Kier alpha value is -3.28. The summed E-state index contributed by atoms with van der Waals surface area (Å²) in [7, 11) is 0. The zero-order chi connectivity index (χ0) is 22.1. The summed E-state index contributed by atoms with van der Waals surface area (Å²) in [5.41, 5.74) is 3.99. The number of carboxylic acids is 1. The van der Waals surface area contributed by atoms with Gasteiger partial charge in [0, 0.05) is 33.9 Å². The Balaban J connectivity index is 1.52. The molecule has 32 heavy (non-hydrogen) atoms. The summed E-state index contributed by atoms with van der Waals surface area (Å²) in [4.78, 5) is 11.4. The van der Waals surface area contributed by atoms with Crippen LogP contribution in [-0.4, -0.2) is 15.6 Å². The van der Waals surface area contributed by atoms with Crippen LogP contribution in [0.3, 0.4) is 0 Å². The van der Waals surface area contributed by atoms with Crippen LogP contribution in [0.5, 0.6) is 5.75 Å². The first-order valence-electron chi connectivity index (χ1n) is 10.2. The Labute approximate surface area is 194 Å². The van der Waals surface area contributed by atoms with Gasteiger partial charge in [0.05, 0.1) is 11.9 Å². The maximum atomic E-state index is 11.4. The topological polar surface area (TPSA) is 51.5 Å². The highest BCUT2D eigenvalue weighted by Crippen LogP contribution is 2.32. The summed E-state index contributed by atoms with van der Waals surface area (Å²) in [6, 6.07) is 21.8. The molecule has 0 saturated carbocycles. The zero-order valence-corrected chi connectivity index (χ0v) is 18.7. The minimum Gasteiger partial charge on any atom is -0.489 e. The average molecular weight is 462 g/mol. The van der Waals surface area contributed by atoms with Gasteiger partial charge in [-0.2, -0.15) is 0 Å². The molecule has 0 aliphatic rings. The monoisotopic (exact) mass is 461 g/mol. The number of hydrogen-bond donors (Lipinski definition) is 1. The highest BCUT2D eigenvalue weighted by molar-refractivity contribution is 7.17. The largest absolute Gasteiger partial charge is 0.489 e. The van der Waals surface area contributed by atoms with Crippen LogP contribution in [0.15, 0.2) is 78.3 Å². The van der Waals surface area contributed by atoms with Gasteiger partial charge in [-0.05, 0) is 57.8 Å². The van der Waals surface area contributed by atoms with Crippen LogP contribution in [0.25, 0.3) is 21.0 Å².